The van der Waals surface area contributed by atoms with E-state index >= 15 is 0 Å². The van der Waals surface area contributed by atoms with E-state index in [1.165, 1.54) is 0 Å². The molecular weight excluding hydrogens is 202 g/mol. The van der Waals surface area contributed by atoms with Crippen LogP contribution in [0.4, 0.5) is 5.69 Å². The second kappa shape index (κ2) is 5.11. The minimum Gasteiger partial charge on any atom is -0.481 e. The SMILES string of the molecule is COc1cc(NCc2cccnc2)ccn1. The number of anilines is 1. The van der Waals surface area contributed by atoms with Crippen LogP contribution in [0.2, 0.25) is 0 Å². The smallest absolute Gasteiger partial charge is 0.214 e. The van der Waals surface area contributed by atoms with Crippen LogP contribution in [0.5, 0.6) is 5.88 Å². The van der Waals surface area contributed by atoms with Crippen molar-refractivity contribution in [3.8, 4) is 5.88 Å². The summed E-state index contributed by atoms with van der Waals surface area (Å²) in [5.41, 5.74) is 2.12. The van der Waals surface area contributed by atoms with Crippen molar-refractivity contribution < 1.29 is 4.74 Å². The molecule has 0 amide bonds. The van der Waals surface area contributed by atoms with Gasteiger partial charge in [0, 0.05) is 36.9 Å². The van der Waals surface area contributed by atoms with Crippen molar-refractivity contribution in [2.24, 2.45) is 0 Å². The van der Waals surface area contributed by atoms with E-state index < -0.39 is 0 Å². The Balaban J connectivity index is 1.99. The zero-order chi connectivity index (χ0) is 11.2. The predicted octanol–water partition coefficient (Wildman–Crippen LogP) is 2.10. The maximum Gasteiger partial charge on any atom is 0.214 e. The highest BCUT2D eigenvalue weighted by Crippen LogP contribution is 2.14. The summed E-state index contributed by atoms with van der Waals surface area (Å²) in [6.07, 6.45) is 5.31. The van der Waals surface area contributed by atoms with Gasteiger partial charge in [-0.3, -0.25) is 4.98 Å². The third-order valence-corrected chi connectivity index (χ3v) is 2.16. The van der Waals surface area contributed by atoms with Gasteiger partial charge in [-0.25, -0.2) is 4.98 Å². The molecule has 0 aliphatic heterocycles. The normalized spacial score (nSPS) is 9.81. The Kier molecular flexibility index (Phi) is 3.33. The van der Waals surface area contributed by atoms with Crippen LogP contribution in [0.3, 0.4) is 0 Å². The number of ether oxygens (including phenoxy) is 1. The topological polar surface area (TPSA) is 47.0 Å². The van der Waals surface area contributed by atoms with Crippen LogP contribution >= 0.6 is 0 Å². The van der Waals surface area contributed by atoms with Gasteiger partial charge in [-0.2, -0.15) is 0 Å². The molecule has 82 valence electrons. The Morgan fingerprint density at radius 2 is 2.25 bits per heavy atom. The summed E-state index contributed by atoms with van der Waals surface area (Å²) in [6.45, 7) is 0.737. The molecular formula is C12H13N3O. The minimum atomic E-state index is 0.608. The Morgan fingerprint density at radius 3 is 3.00 bits per heavy atom. The van der Waals surface area contributed by atoms with E-state index in [4.69, 9.17) is 4.74 Å². The molecule has 0 saturated heterocycles. The largest absolute Gasteiger partial charge is 0.481 e. The van der Waals surface area contributed by atoms with Gasteiger partial charge in [0.1, 0.15) is 0 Å². The van der Waals surface area contributed by atoms with Gasteiger partial charge in [0.2, 0.25) is 5.88 Å². The van der Waals surface area contributed by atoms with Crippen molar-refractivity contribution in [3.05, 3.63) is 48.4 Å². The van der Waals surface area contributed by atoms with Gasteiger partial charge >= 0.3 is 0 Å². The first-order chi connectivity index (χ1) is 7.88. The number of nitrogens with one attached hydrogen (secondary N) is 1. The molecule has 2 aromatic heterocycles. The fourth-order valence-corrected chi connectivity index (χ4v) is 1.34. The summed E-state index contributed by atoms with van der Waals surface area (Å²) < 4.78 is 5.04. The summed E-state index contributed by atoms with van der Waals surface area (Å²) in [7, 11) is 1.60. The van der Waals surface area contributed by atoms with Crippen LogP contribution in [-0.2, 0) is 6.54 Å². The third kappa shape index (κ3) is 2.70. The van der Waals surface area contributed by atoms with E-state index in [0.29, 0.717) is 5.88 Å². The molecule has 0 saturated carbocycles. The molecule has 2 aromatic rings. The minimum absolute atomic E-state index is 0.608. The van der Waals surface area contributed by atoms with Crippen molar-refractivity contribution in [1.29, 1.82) is 0 Å². The van der Waals surface area contributed by atoms with Crippen LogP contribution in [0.1, 0.15) is 5.56 Å². The lowest BCUT2D eigenvalue weighted by atomic mass is 10.3. The zero-order valence-electron chi connectivity index (χ0n) is 9.05. The Bertz CT molecular complexity index is 445. The first-order valence-electron chi connectivity index (χ1n) is 5.01. The summed E-state index contributed by atoms with van der Waals surface area (Å²) in [5.74, 6) is 0.608. The predicted molar refractivity (Wildman–Crippen MR) is 62.4 cm³/mol. The van der Waals surface area contributed by atoms with Crippen molar-refractivity contribution in [2.75, 3.05) is 12.4 Å². The van der Waals surface area contributed by atoms with E-state index in [2.05, 4.69) is 15.3 Å². The fraction of sp³-hybridized carbons (Fsp3) is 0.167. The van der Waals surface area contributed by atoms with Gasteiger partial charge < -0.3 is 10.1 Å². The monoisotopic (exact) mass is 215 g/mol. The average Bonchev–Trinajstić information content (AvgIpc) is 2.38. The van der Waals surface area contributed by atoms with Crippen LogP contribution in [-0.4, -0.2) is 17.1 Å². The molecule has 2 rings (SSSR count). The highest BCUT2D eigenvalue weighted by molar-refractivity contribution is 5.45. The van der Waals surface area contributed by atoms with E-state index in [0.717, 1.165) is 17.8 Å². The molecule has 16 heavy (non-hydrogen) atoms. The molecule has 0 aromatic carbocycles. The zero-order valence-corrected chi connectivity index (χ0v) is 9.05. The molecule has 0 aliphatic carbocycles. The molecule has 0 unspecified atom stereocenters. The molecule has 1 N–H and O–H groups in total. The van der Waals surface area contributed by atoms with E-state index in [1.54, 1.807) is 19.5 Å². The quantitative estimate of drug-likeness (QED) is 0.848. The highest BCUT2D eigenvalue weighted by Gasteiger charge is 1.96. The van der Waals surface area contributed by atoms with Gasteiger partial charge in [0.05, 0.1) is 7.11 Å². The second-order valence-electron chi connectivity index (χ2n) is 3.30. The Morgan fingerprint density at radius 1 is 1.31 bits per heavy atom. The molecule has 2 heterocycles. The molecule has 0 atom stereocenters. The molecule has 4 nitrogen and oxygen atoms in total. The van der Waals surface area contributed by atoms with Crippen molar-refractivity contribution in [1.82, 2.24) is 9.97 Å². The third-order valence-electron chi connectivity index (χ3n) is 2.16. The molecule has 0 spiro atoms. The van der Waals surface area contributed by atoms with Crippen LogP contribution in [0.15, 0.2) is 42.9 Å². The van der Waals surface area contributed by atoms with Crippen molar-refractivity contribution in [3.63, 3.8) is 0 Å². The summed E-state index contributed by atoms with van der Waals surface area (Å²) in [5, 5.41) is 3.28. The maximum atomic E-state index is 5.04. The Labute approximate surface area is 94.3 Å². The van der Waals surface area contributed by atoms with Crippen LogP contribution in [0, 0.1) is 0 Å². The first kappa shape index (κ1) is 10.4. The Hall–Kier alpha value is -2.10. The maximum absolute atomic E-state index is 5.04. The number of pyridine rings is 2. The number of rotatable bonds is 4. The van der Waals surface area contributed by atoms with Gasteiger partial charge in [-0.05, 0) is 17.7 Å². The van der Waals surface area contributed by atoms with Crippen molar-refractivity contribution in [2.45, 2.75) is 6.54 Å². The molecule has 4 heteroatoms. The summed E-state index contributed by atoms with van der Waals surface area (Å²) >= 11 is 0. The molecule has 0 aliphatic rings. The summed E-state index contributed by atoms with van der Waals surface area (Å²) in [6, 6.07) is 7.71. The second-order valence-corrected chi connectivity index (χ2v) is 3.30. The van der Waals surface area contributed by atoms with E-state index in [9.17, 15) is 0 Å². The molecule has 0 radical (unpaired) electrons. The summed E-state index contributed by atoms with van der Waals surface area (Å²) in [4.78, 5) is 8.09. The lowest BCUT2D eigenvalue weighted by Crippen LogP contribution is -2.00. The van der Waals surface area contributed by atoms with Gasteiger partial charge in [0.15, 0.2) is 0 Å². The van der Waals surface area contributed by atoms with Gasteiger partial charge in [0.25, 0.3) is 0 Å². The molecule has 0 fully saturated rings. The molecule has 0 bridgehead atoms. The number of hydrogen-bond donors (Lipinski definition) is 1. The lowest BCUT2D eigenvalue weighted by Gasteiger charge is -2.06. The van der Waals surface area contributed by atoms with Crippen LogP contribution in [0.25, 0.3) is 0 Å². The number of methoxy groups -OCH3 is 1. The van der Waals surface area contributed by atoms with Crippen LogP contribution < -0.4 is 10.1 Å². The highest BCUT2D eigenvalue weighted by atomic mass is 16.5. The van der Waals surface area contributed by atoms with Gasteiger partial charge in [-0.1, -0.05) is 6.07 Å². The number of nitrogens with zero attached hydrogens (tertiary/aromatic N) is 2. The standard InChI is InChI=1S/C12H13N3O/c1-16-12-7-11(4-6-14-12)15-9-10-3-2-5-13-8-10/h2-8H,9H2,1H3,(H,14,15). The first-order valence-corrected chi connectivity index (χ1v) is 5.01. The van der Waals surface area contributed by atoms with Crippen molar-refractivity contribution >= 4 is 5.69 Å². The van der Waals surface area contributed by atoms with E-state index in [-0.39, 0.29) is 0 Å². The average molecular weight is 215 g/mol. The number of aromatic nitrogens is 2. The van der Waals surface area contributed by atoms with Gasteiger partial charge in [-0.15, -0.1) is 0 Å². The number of hydrogen-bond acceptors (Lipinski definition) is 4. The fourth-order valence-electron chi connectivity index (χ4n) is 1.34. The van der Waals surface area contributed by atoms with E-state index in [1.807, 2.05) is 30.5 Å². The lowest BCUT2D eigenvalue weighted by molar-refractivity contribution is 0.398.